The minimum Gasteiger partial charge on any atom is -0.508 e. The van der Waals surface area contributed by atoms with E-state index in [4.69, 9.17) is 5.73 Å². The molecule has 0 bridgehead atoms. The van der Waals surface area contributed by atoms with Crippen molar-refractivity contribution in [2.24, 2.45) is 5.73 Å². The Bertz CT molecular complexity index is 519. The first kappa shape index (κ1) is 10.7. The van der Waals surface area contributed by atoms with Gasteiger partial charge in [-0.1, -0.05) is 24.3 Å². The van der Waals surface area contributed by atoms with Crippen molar-refractivity contribution in [2.45, 2.75) is 12.5 Å². The number of rotatable bonds is 3. The number of fused-ring (bicyclic) bond motifs is 1. The van der Waals surface area contributed by atoms with Gasteiger partial charge in [-0.15, -0.1) is 6.58 Å². The lowest BCUT2D eigenvalue weighted by Gasteiger charge is -2.10. The van der Waals surface area contributed by atoms with Crippen molar-refractivity contribution in [1.29, 1.82) is 0 Å². The molecular weight excluding hydrogens is 198 g/mol. The van der Waals surface area contributed by atoms with Gasteiger partial charge in [-0.3, -0.25) is 0 Å². The van der Waals surface area contributed by atoms with Crippen molar-refractivity contribution in [3.05, 3.63) is 54.6 Å². The molecule has 0 saturated carbocycles. The van der Waals surface area contributed by atoms with E-state index in [1.165, 1.54) is 0 Å². The van der Waals surface area contributed by atoms with Gasteiger partial charge in [-0.05, 0) is 41.0 Å². The first-order valence-electron chi connectivity index (χ1n) is 5.30. The number of phenolic OH excluding ortho intramolecular Hbond substituents is 1. The molecule has 0 unspecified atom stereocenters. The maximum Gasteiger partial charge on any atom is 0.116 e. The average molecular weight is 213 g/mol. The van der Waals surface area contributed by atoms with Crippen LogP contribution in [0, 0.1) is 0 Å². The van der Waals surface area contributed by atoms with Crippen molar-refractivity contribution in [3.63, 3.8) is 0 Å². The molecule has 0 aliphatic heterocycles. The second-order valence-corrected chi connectivity index (χ2v) is 3.92. The second kappa shape index (κ2) is 4.37. The molecule has 0 radical (unpaired) electrons. The van der Waals surface area contributed by atoms with Crippen LogP contribution in [-0.2, 0) is 0 Å². The Balaban J connectivity index is 2.44. The Hall–Kier alpha value is -1.80. The summed E-state index contributed by atoms with van der Waals surface area (Å²) in [6.45, 7) is 3.69. The van der Waals surface area contributed by atoms with Gasteiger partial charge in [0, 0.05) is 6.04 Å². The minimum absolute atomic E-state index is 0.00398. The molecule has 0 heterocycles. The molecule has 16 heavy (non-hydrogen) atoms. The van der Waals surface area contributed by atoms with E-state index in [0.717, 1.165) is 22.8 Å². The van der Waals surface area contributed by atoms with Crippen LogP contribution in [-0.4, -0.2) is 5.11 Å². The van der Waals surface area contributed by atoms with Crippen molar-refractivity contribution < 1.29 is 5.11 Å². The third kappa shape index (κ3) is 2.07. The van der Waals surface area contributed by atoms with Gasteiger partial charge in [0.2, 0.25) is 0 Å². The van der Waals surface area contributed by atoms with Gasteiger partial charge in [0.1, 0.15) is 5.75 Å². The third-order valence-corrected chi connectivity index (χ3v) is 2.70. The highest BCUT2D eigenvalue weighted by Gasteiger charge is 2.04. The predicted molar refractivity (Wildman–Crippen MR) is 67.4 cm³/mol. The fraction of sp³-hybridized carbons (Fsp3) is 0.143. The molecule has 2 rings (SSSR count). The van der Waals surface area contributed by atoms with Crippen LogP contribution in [0.3, 0.4) is 0 Å². The van der Waals surface area contributed by atoms with Crippen LogP contribution < -0.4 is 5.73 Å². The maximum absolute atomic E-state index is 9.36. The van der Waals surface area contributed by atoms with Gasteiger partial charge in [-0.25, -0.2) is 0 Å². The van der Waals surface area contributed by atoms with Crippen LogP contribution in [0.2, 0.25) is 0 Å². The van der Waals surface area contributed by atoms with Gasteiger partial charge < -0.3 is 10.8 Å². The van der Waals surface area contributed by atoms with E-state index in [1.807, 2.05) is 24.3 Å². The Kier molecular flexibility index (Phi) is 2.93. The average Bonchev–Trinajstić information content (AvgIpc) is 2.28. The fourth-order valence-electron chi connectivity index (χ4n) is 1.80. The lowest BCUT2D eigenvalue weighted by Crippen LogP contribution is -2.08. The zero-order valence-corrected chi connectivity index (χ0v) is 9.06. The SMILES string of the molecule is C=CC[C@@H](N)c1ccc2cc(O)ccc2c1. The smallest absolute Gasteiger partial charge is 0.116 e. The van der Waals surface area contributed by atoms with Crippen molar-refractivity contribution in [3.8, 4) is 5.75 Å². The topological polar surface area (TPSA) is 46.2 Å². The molecule has 2 aromatic carbocycles. The Morgan fingerprint density at radius 1 is 1.19 bits per heavy atom. The van der Waals surface area contributed by atoms with E-state index in [0.29, 0.717) is 0 Å². The maximum atomic E-state index is 9.36. The van der Waals surface area contributed by atoms with E-state index in [1.54, 1.807) is 12.1 Å². The van der Waals surface area contributed by atoms with Gasteiger partial charge in [0.05, 0.1) is 0 Å². The molecule has 1 atom stereocenters. The molecule has 82 valence electrons. The summed E-state index contributed by atoms with van der Waals surface area (Å²) in [5.41, 5.74) is 7.10. The molecule has 2 heteroatoms. The van der Waals surface area contributed by atoms with Gasteiger partial charge >= 0.3 is 0 Å². The van der Waals surface area contributed by atoms with Crippen LogP contribution in [0.5, 0.6) is 5.75 Å². The molecule has 0 aromatic heterocycles. The Morgan fingerprint density at radius 3 is 2.62 bits per heavy atom. The summed E-state index contributed by atoms with van der Waals surface area (Å²) < 4.78 is 0. The molecule has 2 aromatic rings. The summed E-state index contributed by atoms with van der Waals surface area (Å²) in [7, 11) is 0. The molecule has 3 N–H and O–H groups in total. The molecule has 0 amide bonds. The molecule has 0 fully saturated rings. The second-order valence-electron chi connectivity index (χ2n) is 3.92. The summed E-state index contributed by atoms with van der Waals surface area (Å²) in [6, 6.07) is 11.4. The van der Waals surface area contributed by atoms with Gasteiger partial charge in [-0.2, -0.15) is 0 Å². The number of nitrogens with two attached hydrogens (primary N) is 1. The molecular formula is C14H15NO. The summed E-state index contributed by atoms with van der Waals surface area (Å²) in [5, 5.41) is 11.5. The number of aromatic hydroxyl groups is 1. The largest absolute Gasteiger partial charge is 0.508 e. The summed E-state index contributed by atoms with van der Waals surface area (Å²) >= 11 is 0. The van der Waals surface area contributed by atoms with E-state index in [-0.39, 0.29) is 11.8 Å². The lowest BCUT2D eigenvalue weighted by atomic mass is 10.0. The summed E-state index contributed by atoms with van der Waals surface area (Å²) in [4.78, 5) is 0. The van der Waals surface area contributed by atoms with Crippen LogP contribution in [0.1, 0.15) is 18.0 Å². The lowest BCUT2D eigenvalue weighted by molar-refractivity contribution is 0.476. The normalized spacial score (nSPS) is 12.6. The number of benzene rings is 2. The van der Waals surface area contributed by atoms with E-state index >= 15 is 0 Å². The zero-order valence-electron chi connectivity index (χ0n) is 9.06. The molecule has 0 saturated heterocycles. The minimum atomic E-state index is -0.00398. The zero-order chi connectivity index (χ0) is 11.5. The molecule has 0 aliphatic rings. The van der Waals surface area contributed by atoms with Gasteiger partial charge in [0.25, 0.3) is 0 Å². The highest BCUT2D eigenvalue weighted by Crippen LogP contribution is 2.24. The predicted octanol–water partition coefficient (Wildman–Crippen LogP) is 3.12. The highest BCUT2D eigenvalue weighted by atomic mass is 16.3. The Morgan fingerprint density at radius 2 is 1.88 bits per heavy atom. The first-order chi connectivity index (χ1) is 7.70. The van der Waals surface area contributed by atoms with E-state index in [2.05, 4.69) is 12.6 Å². The monoisotopic (exact) mass is 213 g/mol. The summed E-state index contributed by atoms with van der Waals surface area (Å²) in [5.74, 6) is 0.288. The van der Waals surface area contributed by atoms with Crippen molar-refractivity contribution in [2.75, 3.05) is 0 Å². The van der Waals surface area contributed by atoms with E-state index < -0.39 is 0 Å². The summed E-state index contributed by atoms with van der Waals surface area (Å²) in [6.07, 6.45) is 2.59. The van der Waals surface area contributed by atoms with Crippen molar-refractivity contribution >= 4 is 10.8 Å². The first-order valence-corrected chi connectivity index (χ1v) is 5.30. The quantitative estimate of drug-likeness (QED) is 0.769. The fourth-order valence-corrected chi connectivity index (χ4v) is 1.80. The molecule has 0 aliphatic carbocycles. The third-order valence-electron chi connectivity index (χ3n) is 2.70. The van der Waals surface area contributed by atoms with Crippen LogP contribution in [0.25, 0.3) is 10.8 Å². The standard InChI is InChI=1S/C14H15NO/c1-2-3-14(15)12-5-4-11-9-13(16)7-6-10(11)8-12/h2,4-9,14,16H,1,3,15H2/t14-/m1/s1. The molecule has 2 nitrogen and oxygen atoms in total. The van der Waals surface area contributed by atoms with Crippen molar-refractivity contribution in [1.82, 2.24) is 0 Å². The van der Waals surface area contributed by atoms with Gasteiger partial charge in [0.15, 0.2) is 0 Å². The van der Waals surface area contributed by atoms with Crippen LogP contribution in [0.4, 0.5) is 0 Å². The number of hydrogen-bond donors (Lipinski definition) is 2. The highest BCUT2D eigenvalue weighted by molar-refractivity contribution is 5.84. The van der Waals surface area contributed by atoms with Crippen LogP contribution in [0.15, 0.2) is 49.1 Å². The van der Waals surface area contributed by atoms with Crippen LogP contribution >= 0.6 is 0 Å². The number of phenols is 1. The van der Waals surface area contributed by atoms with E-state index in [9.17, 15) is 5.11 Å². The molecule has 0 spiro atoms. The Labute approximate surface area is 95.0 Å². The number of hydrogen-bond acceptors (Lipinski definition) is 2.